The summed E-state index contributed by atoms with van der Waals surface area (Å²) in [4.78, 5) is 13.2. The zero-order valence-corrected chi connectivity index (χ0v) is 11.1. The van der Waals surface area contributed by atoms with Gasteiger partial charge in [-0.3, -0.25) is 9.69 Å². The van der Waals surface area contributed by atoms with Crippen LogP contribution in [0.15, 0.2) is 0 Å². The van der Waals surface area contributed by atoms with Gasteiger partial charge in [-0.05, 0) is 31.1 Å². The molecule has 0 spiro atoms. The Labute approximate surface area is 104 Å². The van der Waals surface area contributed by atoms with Gasteiger partial charge in [0.05, 0.1) is 6.10 Å². The fraction of sp³-hybridized carbons (Fsp3) is 0.923. The van der Waals surface area contributed by atoms with Gasteiger partial charge in [-0.15, -0.1) is 0 Å². The minimum absolute atomic E-state index is 0.220. The van der Waals surface area contributed by atoms with E-state index in [2.05, 4.69) is 13.8 Å². The number of likely N-dealkylation sites (tertiary alicyclic amines) is 1. The molecule has 0 radical (unpaired) electrons. The Morgan fingerprint density at radius 2 is 2.12 bits per heavy atom. The fourth-order valence-corrected chi connectivity index (χ4v) is 2.76. The van der Waals surface area contributed by atoms with E-state index in [-0.39, 0.29) is 12.0 Å². The molecule has 0 aliphatic carbocycles. The van der Waals surface area contributed by atoms with E-state index >= 15 is 0 Å². The second-order valence-electron chi connectivity index (χ2n) is 5.50. The van der Waals surface area contributed by atoms with Crippen LogP contribution in [0, 0.1) is 11.8 Å². The largest absolute Gasteiger partial charge is 0.480 e. The van der Waals surface area contributed by atoms with Gasteiger partial charge in [0.25, 0.3) is 0 Å². The standard InChI is InChI=1S/C13H25NO3/c1-4-11(13(16)17)14-6-5-12(15)10(8-14)7-9(2)3/h9-12,15H,4-8H2,1-3H3,(H,16,17)/t10-,11-,12+/m1/s1. The molecule has 1 heterocycles. The summed E-state index contributed by atoms with van der Waals surface area (Å²) < 4.78 is 0. The predicted octanol–water partition coefficient (Wildman–Crippen LogP) is 1.58. The van der Waals surface area contributed by atoms with Crippen molar-refractivity contribution in [2.24, 2.45) is 11.8 Å². The van der Waals surface area contributed by atoms with Gasteiger partial charge in [0, 0.05) is 13.1 Å². The number of nitrogens with zero attached hydrogens (tertiary/aromatic N) is 1. The number of aliphatic hydroxyl groups is 1. The molecule has 3 atom stereocenters. The minimum Gasteiger partial charge on any atom is -0.480 e. The Balaban J connectivity index is 2.62. The lowest BCUT2D eigenvalue weighted by Gasteiger charge is -2.39. The molecule has 1 aliphatic heterocycles. The van der Waals surface area contributed by atoms with E-state index in [1.54, 1.807) is 0 Å². The molecule has 0 saturated carbocycles. The van der Waals surface area contributed by atoms with Crippen LogP contribution in [-0.4, -0.2) is 46.3 Å². The maximum Gasteiger partial charge on any atom is 0.320 e. The summed E-state index contributed by atoms with van der Waals surface area (Å²) in [5.41, 5.74) is 0. The van der Waals surface area contributed by atoms with Crippen LogP contribution in [0.25, 0.3) is 0 Å². The van der Waals surface area contributed by atoms with Crippen molar-refractivity contribution in [3.63, 3.8) is 0 Å². The highest BCUT2D eigenvalue weighted by atomic mass is 16.4. The molecule has 2 N–H and O–H groups in total. The molecule has 4 nitrogen and oxygen atoms in total. The Morgan fingerprint density at radius 3 is 2.59 bits per heavy atom. The van der Waals surface area contributed by atoms with Crippen LogP contribution in [0.4, 0.5) is 0 Å². The molecule has 1 aliphatic rings. The van der Waals surface area contributed by atoms with Crippen molar-refractivity contribution in [2.45, 2.75) is 52.2 Å². The van der Waals surface area contributed by atoms with E-state index in [4.69, 9.17) is 5.11 Å². The number of carbonyl (C=O) groups is 1. The highest BCUT2D eigenvalue weighted by Crippen LogP contribution is 2.25. The number of hydrogen-bond acceptors (Lipinski definition) is 3. The van der Waals surface area contributed by atoms with Gasteiger partial charge in [-0.2, -0.15) is 0 Å². The lowest BCUT2D eigenvalue weighted by molar-refractivity contribution is -0.145. The molecular weight excluding hydrogens is 218 g/mol. The van der Waals surface area contributed by atoms with Crippen LogP contribution in [0.1, 0.15) is 40.0 Å². The first-order valence-corrected chi connectivity index (χ1v) is 6.60. The monoisotopic (exact) mass is 243 g/mol. The van der Waals surface area contributed by atoms with Crippen molar-refractivity contribution in [1.82, 2.24) is 4.90 Å². The predicted molar refractivity (Wildman–Crippen MR) is 66.9 cm³/mol. The van der Waals surface area contributed by atoms with E-state index < -0.39 is 12.0 Å². The number of carboxylic acids is 1. The molecule has 4 heteroatoms. The first-order chi connectivity index (χ1) is 7.95. The summed E-state index contributed by atoms with van der Waals surface area (Å²) in [6.07, 6.45) is 2.02. The Hall–Kier alpha value is -0.610. The molecule has 0 bridgehead atoms. The molecule has 1 fully saturated rings. The molecule has 1 rings (SSSR count). The molecule has 1 saturated heterocycles. The average molecular weight is 243 g/mol. The number of aliphatic carboxylic acids is 1. The SMILES string of the molecule is CC[C@H](C(=O)O)N1CC[C@H](O)[C@H](CC(C)C)C1. The second kappa shape index (κ2) is 6.36. The molecule has 100 valence electrons. The number of piperidine rings is 1. The summed E-state index contributed by atoms with van der Waals surface area (Å²) in [5, 5.41) is 19.1. The highest BCUT2D eigenvalue weighted by Gasteiger charge is 2.33. The van der Waals surface area contributed by atoms with Crippen molar-refractivity contribution >= 4 is 5.97 Å². The van der Waals surface area contributed by atoms with Crippen molar-refractivity contribution < 1.29 is 15.0 Å². The lowest BCUT2D eigenvalue weighted by Crippen LogP contribution is -2.50. The van der Waals surface area contributed by atoms with Crippen molar-refractivity contribution in [1.29, 1.82) is 0 Å². The van der Waals surface area contributed by atoms with Crippen LogP contribution in [0.2, 0.25) is 0 Å². The zero-order valence-electron chi connectivity index (χ0n) is 11.1. The smallest absolute Gasteiger partial charge is 0.320 e. The van der Waals surface area contributed by atoms with Gasteiger partial charge in [0.2, 0.25) is 0 Å². The topological polar surface area (TPSA) is 60.8 Å². The fourth-order valence-electron chi connectivity index (χ4n) is 2.76. The van der Waals surface area contributed by atoms with Crippen LogP contribution in [0.3, 0.4) is 0 Å². The Kier molecular flexibility index (Phi) is 5.40. The quantitative estimate of drug-likeness (QED) is 0.769. The molecular formula is C13H25NO3. The molecule has 0 amide bonds. The summed E-state index contributed by atoms with van der Waals surface area (Å²) >= 11 is 0. The van der Waals surface area contributed by atoms with Gasteiger partial charge in [0.1, 0.15) is 6.04 Å². The third-order valence-electron chi connectivity index (χ3n) is 3.61. The van der Waals surface area contributed by atoms with E-state index in [0.717, 1.165) is 6.42 Å². The number of carboxylic acid groups (broad SMARTS) is 1. The Bertz CT molecular complexity index is 255. The second-order valence-corrected chi connectivity index (χ2v) is 5.50. The average Bonchev–Trinajstić information content (AvgIpc) is 2.22. The third kappa shape index (κ3) is 3.96. The summed E-state index contributed by atoms with van der Waals surface area (Å²) in [6, 6.07) is -0.392. The molecule has 0 aromatic carbocycles. The number of hydrogen-bond donors (Lipinski definition) is 2. The third-order valence-corrected chi connectivity index (χ3v) is 3.61. The molecule has 17 heavy (non-hydrogen) atoms. The maximum absolute atomic E-state index is 11.1. The number of aliphatic hydroxyl groups excluding tert-OH is 1. The highest BCUT2D eigenvalue weighted by molar-refractivity contribution is 5.73. The lowest BCUT2D eigenvalue weighted by atomic mass is 9.86. The molecule has 0 unspecified atom stereocenters. The normalized spacial score (nSPS) is 28.3. The zero-order chi connectivity index (χ0) is 13.0. The van der Waals surface area contributed by atoms with Crippen LogP contribution in [-0.2, 0) is 4.79 Å². The first-order valence-electron chi connectivity index (χ1n) is 6.60. The first kappa shape index (κ1) is 14.5. The summed E-state index contributed by atoms with van der Waals surface area (Å²) in [7, 11) is 0. The van der Waals surface area contributed by atoms with Gasteiger partial charge in [-0.1, -0.05) is 20.8 Å². The van der Waals surface area contributed by atoms with E-state index in [1.807, 2.05) is 11.8 Å². The molecule has 0 aromatic rings. The maximum atomic E-state index is 11.1. The van der Waals surface area contributed by atoms with Gasteiger partial charge in [-0.25, -0.2) is 0 Å². The van der Waals surface area contributed by atoms with Crippen LogP contribution in [0.5, 0.6) is 0 Å². The van der Waals surface area contributed by atoms with Crippen LogP contribution >= 0.6 is 0 Å². The van der Waals surface area contributed by atoms with Crippen molar-refractivity contribution in [3.8, 4) is 0 Å². The molecule has 0 aromatic heterocycles. The van der Waals surface area contributed by atoms with E-state index in [9.17, 15) is 9.90 Å². The van der Waals surface area contributed by atoms with Gasteiger partial charge >= 0.3 is 5.97 Å². The Morgan fingerprint density at radius 1 is 1.47 bits per heavy atom. The van der Waals surface area contributed by atoms with Crippen molar-refractivity contribution in [2.75, 3.05) is 13.1 Å². The number of rotatable bonds is 5. The summed E-state index contributed by atoms with van der Waals surface area (Å²) in [6.45, 7) is 7.59. The van der Waals surface area contributed by atoms with E-state index in [1.165, 1.54) is 0 Å². The minimum atomic E-state index is -0.743. The summed E-state index contributed by atoms with van der Waals surface area (Å²) in [5.74, 6) is 0.0174. The van der Waals surface area contributed by atoms with Crippen LogP contribution < -0.4 is 0 Å². The van der Waals surface area contributed by atoms with E-state index in [0.29, 0.717) is 31.8 Å². The van der Waals surface area contributed by atoms with Crippen molar-refractivity contribution in [3.05, 3.63) is 0 Å². The van der Waals surface area contributed by atoms with Gasteiger partial charge in [0.15, 0.2) is 0 Å². The van der Waals surface area contributed by atoms with Gasteiger partial charge < -0.3 is 10.2 Å².